The zero-order valence-corrected chi connectivity index (χ0v) is 17.2. The minimum Gasteiger partial charge on any atom is -0.338 e. The fourth-order valence-electron chi connectivity index (χ4n) is 3.93. The SMILES string of the molecule is O=C(Nc1ccc(-c2nc3ccccc3[nH]2)cc1)c1nnn(-c2ccccc2)c1C1CC1. The maximum absolute atomic E-state index is 13.0. The molecule has 32 heavy (non-hydrogen) atoms. The zero-order valence-electron chi connectivity index (χ0n) is 17.2. The molecular formula is C25H20N6O. The van der Waals surface area contributed by atoms with Gasteiger partial charge in [0.2, 0.25) is 0 Å². The fourth-order valence-corrected chi connectivity index (χ4v) is 3.93. The predicted molar refractivity (Wildman–Crippen MR) is 123 cm³/mol. The number of anilines is 1. The molecule has 1 saturated carbocycles. The number of carbonyl (C=O) groups excluding carboxylic acids is 1. The van der Waals surface area contributed by atoms with Crippen LogP contribution in [0, 0.1) is 0 Å². The third-order valence-electron chi connectivity index (χ3n) is 5.69. The van der Waals surface area contributed by atoms with Crippen LogP contribution in [0.25, 0.3) is 28.1 Å². The molecule has 2 aromatic heterocycles. The average Bonchev–Trinajstić information content (AvgIpc) is 3.42. The first kappa shape index (κ1) is 18.5. The number of hydrogen-bond donors (Lipinski definition) is 2. The van der Waals surface area contributed by atoms with Crippen molar-refractivity contribution in [1.29, 1.82) is 0 Å². The Morgan fingerprint density at radius 1 is 0.938 bits per heavy atom. The molecule has 0 aliphatic heterocycles. The quantitative estimate of drug-likeness (QED) is 0.421. The molecule has 0 radical (unpaired) electrons. The molecule has 0 saturated heterocycles. The van der Waals surface area contributed by atoms with Gasteiger partial charge in [-0.25, -0.2) is 9.67 Å². The van der Waals surface area contributed by atoms with Crippen molar-refractivity contribution in [3.05, 3.63) is 90.3 Å². The van der Waals surface area contributed by atoms with E-state index in [9.17, 15) is 4.79 Å². The molecule has 0 bridgehead atoms. The van der Waals surface area contributed by atoms with Gasteiger partial charge in [-0.2, -0.15) is 0 Å². The van der Waals surface area contributed by atoms with Crippen LogP contribution >= 0.6 is 0 Å². The van der Waals surface area contributed by atoms with Crippen LogP contribution < -0.4 is 5.32 Å². The molecule has 7 heteroatoms. The molecular weight excluding hydrogens is 400 g/mol. The van der Waals surface area contributed by atoms with Gasteiger partial charge in [0.15, 0.2) is 5.69 Å². The fraction of sp³-hybridized carbons (Fsp3) is 0.120. The van der Waals surface area contributed by atoms with E-state index in [4.69, 9.17) is 0 Å². The molecule has 3 aromatic carbocycles. The van der Waals surface area contributed by atoms with Gasteiger partial charge in [0, 0.05) is 17.2 Å². The van der Waals surface area contributed by atoms with E-state index in [1.54, 1.807) is 4.68 Å². The molecule has 1 amide bonds. The molecule has 6 rings (SSSR count). The van der Waals surface area contributed by atoms with Crippen molar-refractivity contribution in [2.45, 2.75) is 18.8 Å². The van der Waals surface area contributed by atoms with Crippen molar-refractivity contribution in [2.75, 3.05) is 5.32 Å². The Morgan fingerprint density at radius 3 is 2.44 bits per heavy atom. The van der Waals surface area contributed by atoms with E-state index in [-0.39, 0.29) is 5.91 Å². The number of carbonyl (C=O) groups is 1. The Bertz CT molecular complexity index is 1380. The smallest absolute Gasteiger partial charge is 0.278 e. The van der Waals surface area contributed by atoms with E-state index in [0.29, 0.717) is 17.3 Å². The molecule has 0 unspecified atom stereocenters. The lowest BCUT2D eigenvalue weighted by Crippen LogP contribution is -2.15. The highest BCUT2D eigenvalue weighted by Crippen LogP contribution is 2.42. The molecule has 1 aliphatic carbocycles. The van der Waals surface area contributed by atoms with Crippen LogP contribution in [0.1, 0.15) is 34.9 Å². The maximum atomic E-state index is 13.0. The number of amides is 1. The molecule has 1 aliphatic rings. The van der Waals surface area contributed by atoms with Gasteiger partial charge < -0.3 is 10.3 Å². The lowest BCUT2D eigenvalue weighted by atomic mass is 10.1. The lowest BCUT2D eigenvalue weighted by molar-refractivity contribution is 0.102. The summed E-state index contributed by atoms with van der Waals surface area (Å²) in [5, 5.41) is 11.5. The number of para-hydroxylation sites is 3. The number of fused-ring (bicyclic) bond motifs is 1. The summed E-state index contributed by atoms with van der Waals surface area (Å²) in [6.07, 6.45) is 2.10. The molecule has 0 atom stereocenters. The molecule has 2 heterocycles. The standard InChI is InChI=1S/C25H20N6O/c32-25(22-23(16-10-11-16)31(30-29-22)19-6-2-1-3-7-19)26-18-14-12-17(13-15-18)24-27-20-8-4-5-9-21(20)28-24/h1-9,12-16H,10-11H2,(H,26,32)(H,27,28). The normalized spacial score (nSPS) is 13.4. The summed E-state index contributed by atoms with van der Waals surface area (Å²) in [6, 6.07) is 25.4. The Morgan fingerprint density at radius 2 is 1.69 bits per heavy atom. The van der Waals surface area contributed by atoms with Gasteiger partial charge in [-0.15, -0.1) is 5.10 Å². The maximum Gasteiger partial charge on any atom is 0.278 e. The molecule has 2 N–H and O–H groups in total. The van der Waals surface area contributed by atoms with Crippen molar-refractivity contribution >= 4 is 22.6 Å². The van der Waals surface area contributed by atoms with E-state index in [2.05, 4.69) is 25.6 Å². The highest BCUT2D eigenvalue weighted by atomic mass is 16.2. The molecule has 1 fully saturated rings. The summed E-state index contributed by atoms with van der Waals surface area (Å²) in [4.78, 5) is 21.0. The number of H-pyrrole nitrogens is 1. The molecule has 5 aromatic rings. The lowest BCUT2D eigenvalue weighted by Gasteiger charge is -2.08. The first-order valence-corrected chi connectivity index (χ1v) is 10.6. The number of imidazole rings is 1. The second-order valence-corrected chi connectivity index (χ2v) is 7.98. The summed E-state index contributed by atoms with van der Waals surface area (Å²) < 4.78 is 1.79. The summed E-state index contributed by atoms with van der Waals surface area (Å²) >= 11 is 0. The summed E-state index contributed by atoms with van der Waals surface area (Å²) in [5.74, 6) is 0.873. The van der Waals surface area contributed by atoms with Crippen molar-refractivity contribution in [3.63, 3.8) is 0 Å². The average molecular weight is 420 g/mol. The zero-order chi connectivity index (χ0) is 21.5. The van der Waals surface area contributed by atoms with Crippen LogP contribution in [-0.2, 0) is 0 Å². The Hall–Kier alpha value is -4.26. The second kappa shape index (κ2) is 7.46. The minimum absolute atomic E-state index is 0.245. The van der Waals surface area contributed by atoms with E-state index in [0.717, 1.165) is 46.6 Å². The topological polar surface area (TPSA) is 88.5 Å². The van der Waals surface area contributed by atoms with E-state index < -0.39 is 0 Å². The van der Waals surface area contributed by atoms with Crippen molar-refractivity contribution in [2.24, 2.45) is 0 Å². The summed E-state index contributed by atoms with van der Waals surface area (Å²) in [6.45, 7) is 0. The molecule has 0 spiro atoms. The van der Waals surface area contributed by atoms with Gasteiger partial charge in [0.05, 0.1) is 22.4 Å². The van der Waals surface area contributed by atoms with Crippen molar-refractivity contribution in [1.82, 2.24) is 25.0 Å². The third kappa shape index (κ3) is 3.33. The number of benzene rings is 3. The molecule has 156 valence electrons. The van der Waals surface area contributed by atoms with Gasteiger partial charge >= 0.3 is 0 Å². The number of aromatic amines is 1. The Labute approximate surface area is 184 Å². The van der Waals surface area contributed by atoms with E-state index >= 15 is 0 Å². The number of nitrogens with zero attached hydrogens (tertiary/aromatic N) is 4. The van der Waals surface area contributed by atoms with Crippen molar-refractivity contribution in [3.8, 4) is 17.1 Å². The van der Waals surface area contributed by atoms with E-state index in [1.165, 1.54) is 0 Å². The van der Waals surface area contributed by atoms with Crippen LogP contribution in [0.3, 0.4) is 0 Å². The number of hydrogen-bond acceptors (Lipinski definition) is 4. The van der Waals surface area contributed by atoms with Gasteiger partial charge in [0.25, 0.3) is 5.91 Å². The van der Waals surface area contributed by atoms with Gasteiger partial charge in [0.1, 0.15) is 5.82 Å². The van der Waals surface area contributed by atoms with Crippen LogP contribution in [0.5, 0.6) is 0 Å². The van der Waals surface area contributed by atoms with Crippen LogP contribution in [0.15, 0.2) is 78.9 Å². The number of rotatable bonds is 5. The van der Waals surface area contributed by atoms with Gasteiger partial charge in [-0.05, 0) is 61.4 Å². The first-order valence-electron chi connectivity index (χ1n) is 10.6. The predicted octanol–water partition coefficient (Wildman–Crippen LogP) is 4.94. The van der Waals surface area contributed by atoms with Crippen LogP contribution in [0.4, 0.5) is 5.69 Å². The van der Waals surface area contributed by atoms with Crippen LogP contribution in [0.2, 0.25) is 0 Å². The summed E-state index contributed by atoms with van der Waals surface area (Å²) in [7, 11) is 0. The van der Waals surface area contributed by atoms with Crippen molar-refractivity contribution < 1.29 is 4.79 Å². The summed E-state index contributed by atoms with van der Waals surface area (Å²) in [5.41, 5.74) is 5.75. The highest BCUT2D eigenvalue weighted by molar-refractivity contribution is 6.04. The number of nitrogens with one attached hydrogen (secondary N) is 2. The highest BCUT2D eigenvalue weighted by Gasteiger charge is 2.34. The first-order chi connectivity index (χ1) is 15.8. The number of aromatic nitrogens is 5. The van der Waals surface area contributed by atoms with Gasteiger partial charge in [-0.3, -0.25) is 4.79 Å². The minimum atomic E-state index is -0.245. The van der Waals surface area contributed by atoms with Gasteiger partial charge in [-0.1, -0.05) is 35.5 Å². The van der Waals surface area contributed by atoms with Crippen LogP contribution in [-0.4, -0.2) is 30.9 Å². The molecule has 7 nitrogen and oxygen atoms in total. The Balaban J connectivity index is 1.25. The Kier molecular flexibility index (Phi) is 4.31. The van der Waals surface area contributed by atoms with E-state index in [1.807, 2.05) is 78.9 Å². The monoisotopic (exact) mass is 420 g/mol. The second-order valence-electron chi connectivity index (χ2n) is 7.98. The largest absolute Gasteiger partial charge is 0.338 e. The third-order valence-corrected chi connectivity index (χ3v) is 5.69.